The lowest BCUT2D eigenvalue weighted by Gasteiger charge is -2.15. The van der Waals surface area contributed by atoms with Crippen molar-refractivity contribution in [3.8, 4) is 22.3 Å². The van der Waals surface area contributed by atoms with Crippen LogP contribution in [0, 0.1) is 0 Å². The fraction of sp³-hybridized carbons (Fsp3) is 0. The van der Waals surface area contributed by atoms with Gasteiger partial charge in [0.25, 0.3) is 0 Å². The van der Waals surface area contributed by atoms with Crippen LogP contribution in [-0.2, 0) is 0 Å². The number of halogens is 1. The first kappa shape index (κ1) is 22.9. The van der Waals surface area contributed by atoms with Crippen LogP contribution in [0.5, 0.6) is 0 Å². The van der Waals surface area contributed by atoms with Crippen molar-refractivity contribution >= 4 is 81.4 Å². The predicted octanol–water partition coefficient (Wildman–Crippen LogP) is 11.9. The fourth-order valence-electron chi connectivity index (χ4n) is 6.49. The van der Waals surface area contributed by atoms with Gasteiger partial charge >= 0.3 is 0 Å². The number of rotatable bonds is 2. The Balaban J connectivity index is 1.37. The minimum atomic E-state index is 0.907. The van der Waals surface area contributed by atoms with Gasteiger partial charge in [-0.15, -0.1) is 0 Å². The average Bonchev–Trinajstić information content (AvgIpc) is 3.59. The van der Waals surface area contributed by atoms with Crippen LogP contribution in [0.2, 0.25) is 0 Å². The quantitative estimate of drug-likeness (QED) is 0.201. The van der Waals surface area contributed by atoms with Gasteiger partial charge in [0.15, 0.2) is 0 Å². The zero-order valence-electron chi connectivity index (χ0n) is 21.8. The largest absolute Gasteiger partial charge is 0.455 e. The van der Waals surface area contributed by atoms with E-state index in [2.05, 4.69) is 119 Å². The van der Waals surface area contributed by atoms with Gasteiger partial charge in [0.1, 0.15) is 22.3 Å². The van der Waals surface area contributed by atoms with Gasteiger partial charge in [-0.25, -0.2) is 0 Å². The minimum Gasteiger partial charge on any atom is -0.455 e. The molecule has 0 amide bonds. The van der Waals surface area contributed by atoms with Crippen LogP contribution in [0.1, 0.15) is 0 Å². The van der Waals surface area contributed by atoms with E-state index in [9.17, 15) is 0 Å². The van der Waals surface area contributed by atoms with E-state index in [-0.39, 0.29) is 0 Å². The first-order valence-corrected chi connectivity index (χ1v) is 14.5. The van der Waals surface area contributed by atoms with E-state index in [0.717, 1.165) is 81.0 Å². The normalized spacial score (nSPS) is 12.0. The number of hydrogen-bond acceptors (Lipinski definition) is 2. The molecule has 3 heteroatoms. The smallest absolute Gasteiger partial charge is 0.143 e. The molecular formula is C38H21BrO2. The van der Waals surface area contributed by atoms with Crippen molar-refractivity contribution in [1.29, 1.82) is 0 Å². The highest BCUT2D eigenvalue weighted by molar-refractivity contribution is 9.10. The summed E-state index contributed by atoms with van der Waals surface area (Å²) < 4.78 is 13.8. The summed E-state index contributed by atoms with van der Waals surface area (Å²) in [6.07, 6.45) is 0. The summed E-state index contributed by atoms with van der Waals surface area (Å²) in [4.78, 5) is 0. The Bertz CT molecular complexity index is 2320. The second-order valence-corrected chi connectivity index (χ2v) is 11.3. The number of hydrogen-bond donors (Lipinski definition) is 0. The third kappa shape index (κ3) is 3.24. The monoisotopic (exact) mass is 588 g/mol. The molecule has 9 aromatic rings. The van der Waals surface area contributed by atoms with Crippen molar-refractivity contribution in [3.63, 3.8) is 0 Å². The summed E-state index contributed by atoms with van der Waals surface area (Å²) in [5.41, 5.74) is 8.32. The zero-order chi connectivity index (χ0) is 27.1. The summed E-state index contributed by atoms with van der Waals surface area (Å²) in [7, 11) is 0. The summed E-state index contributed by atoms with van der Waals surface area (Å²) in [6.45, 7) is 0. The molecule has 7 aromatic carbocycles. The molecule has 0 spiro atoms. The molecule has 0 radical (unpaired) electrons. The topological polar surface area (TPSA) is 26.3 Å². The van der Waals surface area contributed by atoms with Crippen LogP contribution < -0.4 is 0 Å². The minimum absolute atomic E-state index is 0.907. The number of furan rings is 2. The number of para-hydroxylation sites is 2. The maximum atomic E-state index is 6.38. The second-order valence-electron chi connectivity index (χ2n) is 10.6. The summed E-state index contributed by atoms with van der Waals surface area (Å²) in [5.74, 6) is 0. The van der Waals surface area contributed by atoms with Gasteiger partial charge in [-0.2, -0.15) is 0 Å². The Morgan fingerprint density at radius 3 is 1.20 bits per heavy atom. The van der Waals surface area contributed by atoms with Crippen LogP contribution in [0.15, 0.2) is 141 Å². The number of fused-ring (bicyclic) bond motifs is 10. The lowest BCUT2D eigenvalue weighted by molar-refractivity contribution is 0.672. The average molecular weight is 589 g/mol. The molecule has 0 fully saturated rings. The molecule has 0 bridgehead atoms. The highest BCUT2D eigenvalue weighted by Crippen LogP contribution is 2.46. The Morgan fingerprint density at radius 1 is 0.341 bits per heavy atom. The molecule has 0 aliphatic heterocycles. The molecule has 9 rings (SSSR count). The Hall–Kier alpha value is -4.86. The summed E-state index contributed by atoms with van der Waals surface area (Å²) >= 11 is 4.09. The first-order valence-electron chi connectivity index (χ1n) is 13.7. The van der Waals surface area contributed by atoms with E-state index < -0.39 is 0 Å². The molecule has 0 unspecified atom stereocenters. The van der Waals surface area contributed by atoms with Crippen molar-refractivity contribution in [2.45, 2.75) is 0 Å². The van der Waals surface area contributed by atoms with E-state index in [1.165, 1.54) is 11.1 Å². The molecule has 0 saturated carbocycles. The van der Waals surface area contributed by atoms with Gasteiger partial charge in [0.2, 0.25) is 0 Å². The van der Waals surface area contributed by atoms with Crippen LogP contribution in [-0.4, -0.2) is 0 Å². The highest BCUT2D eigenvalue weighted by atomic mass is 79.9. The Kier molecular flexibility index (Phi) is 4.79. The molecule has 2 aromatic heterocycles. The fourth-order valence-corrected chi connectivity index (χ4v) is 7.18. The molecule has 0 aliphatic carbocycles. The van der Waals surface area contributed by atoms with Crippen molar-refractivity contribution < 1.29 is 8.83 Å². The van der Waals surface area contributed by atoms with Crippen LogP contribution >= 0.6 is 15.9 Å². The van der Waals surface area contributed by atoms with Gasteiger partial charge in [0, 0.05) is 36.8 Å². The molecule has 192 valence electrons. The van der Waals surface area contributed by atoms with E-state index >= 15 is 0 Å². The van der Waals surface area contributed by atoms with Crippen LogP contribution in [0.25, 0.3) is 87.7 Å². The maximum absolute atomic E-state index is 6.38. The van der Waals surface area contributed by atoms with Crippen LogP contribution in [0.4, 0.5) is 0 Å². The van der Waals surface area contributed by atoms with E-state index in [1.54, 1.807) is 0 Å². The van der Waals surface area contributed by atoms with Gasteiger partial charge < -0.3 is 8.83 Å². The van der Waals surface area contributed by atoms with E-state index in [1.807, 2.05) is 24.3 Å². The van der Waals surface area contributed by atoms with Crippen molar-refractivity contribution in [1.82, 2.24) is 0 Å². The SMILES string of the molecule is Brc1c(-c2cc3c4ccccc4oc3c3ccccc23)cccc1-c1cc2c3ccccc3oc2c2ccccc12. The second kappa shape index (κ2) is 8.57. The van der Waals surface area contributed by atoms with E-state index in [0.29, 0.717) is 0 Å². The summed E-state index contributed by atoms with van der Waals surface area (Å²) in [6, 6.07) is 44.8. The Morgan fingerprint density at radius 2 is 0.732 bits per heavy atom. The molecular weight excluding hydrogens is 568 g/mol. The molecule has 0 saturated heterocycles. The Labute approximate surface area is 243 Å². The molecule has 0 atom stereocenters. The van der Waals surface area contributed by atoms with Gasteiger partial charge in [-0.3, -0.25) is 0 Å². The maximum Gasteiger partial charge on any atom is 0.143 e. The molecule has 2 nitrogen and oxygen atoms in total. The lowest BCUT2D eigenvalue weighted by atomic mass is 9.91. The summed E-state index contributed by atoms with van der Waals surface area (Å²) in [5, 5.41) is 9.08. The predicted molar refractivity (Wildman–Crippen MR) is 175 cm³/mol. The van der Waals surface area contributed by atoms with E-state index in [4.69, 9.17) is 8.83 Å². The number of benzene rings is 7. The molecule has 2 heterocycles. The molecule has 0 aliphatic rings. The first-order chi connectivity index (χ1) is 20.3. The van der Waals surface area contributed by atoms with Crippen molar-refractivity contribution in [3.05, 3.63) is 132 Å². The third-order valence-corrected chi connectivity index (χ3v) is 9.20. The molecule has 0 N–H and O–H groups in total. The van der Waals surface area contributed by atoms with Crippen molar-refractivity contribution in [2.24, 2.45) is 0 Å². The molecule has 41 heavy (non-hydrogen) atoms. The zero-order valence-corrected chi connectivity index (χ0v) is 23.4. The standard InChI is InChI=1S/C38H21BrO2/c39-36-26(30-20-32-24-12-5-7-18-34(24)40-37(32)28-14-3-1-10-22(28)30)16-9-17-27(36)31-21-33-25-13-6-8-19-35(25)41-38(33)29-15-4-2-11-23(29)31/h1-21H. The highest BCUT2D eigenvalue weighted by Gasteiger charge is 2.20. The van der Waals surface area contributed by atoms with Gasteiger partial charge in [-0.05, 0) is 73.2 Å². The van der Waals surface area contributed by atoms with Gasteiger partial charge in [-0.1, -0.05) is 103 Å². The lowest BCUT2D eigenvalue weighted by Crippen LogP contribution is -1.89. The van der Waals surface area contributed by atoms with Crippen LogP contribution in [0.3, 0.4) is 0 Å². The van der Waals surface area contributed by atoms with Gasteiger partial charge in [0.05, 0.1) is 0 Å². The third-order valence-electron chi connectivity index (χ3n) is 8.35. The van der Waals surface area contributed by atoms with Crippen molar-refractivity contribution in [2.75, 3.05) is 0 Å².